The molecule has 0 bridgehead atoms. The highest BCUT2D eigenvalue weighted by Crippen LogP contribution is 2.24. The summed E-state index contributed by atoms with van der Waals surface area (Å²) < 4.78 is 0. The normalized spacial score (nSPS) is 22.0. The van der Waals surface area contributed by atoms with Crippen molar-refractivity contribution in [1.29, 1.82) is 0 Å². The van der Waals surface area contributed by atoms with Crippen LogP contribution in [0.4, 0.5) is 0 Å². The van der Waals surface area contributed by atoms with Gasteiger partial charge >= 0.3 is 0 Å². The SMILES string of the molecule is O=C1CC(=O)C(=C2C(=O)CC(=O)CC2=O)C(=O)C1. The molecular formula is C12H8O6. The highest BCUT2D eigenvalue weighted by Gasteiger charge is 2.39. The second kappa shape index (κ2) is 4.21. The number of carbonyl (C=O) groups excluding carboxylic acids is 6. The lowest BCUT2D eigenvalue weighted by Gasteiger charge is -2.17. The molecular weight excluding hydrogens is 240 g/mol. The lowest BCUT2D eigenvalue weighted by atomic mass is 9.81. The molecule has 6 heteroatoms. The molecule has 2 aliphatic carbocycles. The molecule has 0 spiro atoms. The van der Waals surface area contributed by atoms with Crippen LogP contribution in [0, 0.1) is 0 Å². The molecule has 2 aliphatic rings. The van der Waals surface area contributed by atoms with Crippen molar-refractivity contribution in [2.75, 3.05) is 0 Å². The van der Waals surface area contributed by atoms with Crippen LogP contribution in [0.2, 0.25) is 0 Å². The van der Waals surface area contributed by atoms with E-state index in [0.717, 1.165) is 0 Å². The first-order chi connectivity index (χ1) is 8.40. The average molecular weight is 248 g/mol. The summed E-state index contributed by atoms with van der Waals surface area (Å²) in [5.41, 5.74) is -0.978. The molecule has 0 aromatic rings. The van der Waals surface area contributed by atoms with Crippen LogP contribution in [-0.2, 0) is 28.8 Å². The molecule has 0 heterocycles. The van der Waals surface area contributed by atoms with E-state index < -0.39 is 71.5 Å². The number of carbonyl (C=O) groups is 6. The molecule has 2 saturated carbocycles. The lowest BCUT2D eigenvalue weighted by molar-refractivity contribution is -0.136. The molecule has 0 atom stereocenters. The van der Waals surface area contributed by atoms with Crippen molar-refractivity contribution in [3.05, 3.63) is 11.1 Å². The molecule has 0 N–H and O–H groups in total. The zero-order valence-corrected chi connectivity index (χ0v) is 9.28. The van der Waals surface area contributed by atoms with Gasteiger partial charge in [-0.25, -0.2) is 0 Å². The fraction of sp³-hybridized carbons (Fsp3) is 0.333. The maximum Gasteiger partial charge on any atom is 0.174 e. The molecule has 0 unspecified atom stereocenters. The minimum absolute atomic E-state index is 0.473. The molecule has 0 radical (unpaired) electrons. The molecule has 0 aromatic heterocycles. The van der Waals surface area contributed by atoms with Gasteiger partial charge in [0, 0.05) is 0 Å². The second-order valence-electron chi connectivity index (χ2n) is 4.23. The summed E-state index contributed by atoms with van der Waals surface area (Å²) in [6, 6.07) is 0. The van der Waals surface area contributed by atoms with Gasteiger partial charge in [0.15, 0.2) is 23.1 Å². The van der Waals surface area contributed by atoms with E-state index >= 15 is 0 Å². The van der Waals surface area contributed by atoms with Crippen LogP contribution in [0.15, 0.2) is 11.1 Å². The monoisotopic (exact) mass is 248 g/mol. The molecule has 6 nitrogen and oxygen atoms in total. The molecule has 92 valence electrons. The van der Waals surface area contributed by atoms with Crippen molar-refractivity contribution in [2.24, 2.45) is 0 Å². The van der Waals surface area contributed by atoms with E-state index in [4.69, 9.17) is 0 Å². The van der Waals surface area contributed by atoms with Gasteiger partial charge in [-0.2, -0.15) is 0 Å². The summed E-state index contributed by atoms with van der Waals surface area (Å²) in [5, 5.41) is 0. The van der Waals surface area contributed by atoms with E-state index in [0.29, 0.717) is 0 Å². The first-order valence-electron chi connectivity index (χ1n) is 5.30. The summed E-state index contributed by atoms with van der Waals surface area (Å²) in [7, 11) is 0. The highest BCUT2D eigenvalue weighted by molar-refractivity contribution is 6.42. The van der Waals surface area contributed by atoms with Crippen molar-refractivity contribution in [3.63, 3.8) is 0 Å². The van der Waals surface area contributed by atoms with Gasteiger partial charge in [-0.1, -0.05) is 0 Å². The first kappa shape index (κ1) is 12.2. The van der Waals surface area contributed by atoms with E-state index in [9.17, 15) is 28.8 Å². The van der Waals surface area contributed by atoms with Crippen LogP contribution in [0.3, 0.4) is 0 Å². The van der Waals surface area contributed by atoms with Crippen molar-refractivity contribution in [3.8, 4) is 0 Å². The summed E-state index contributed by atoms with van der Waals surface area (Å²) in [5.74, 6) is -4.27. The van der Waals surface area contributed by atoms with Crippen LogP contribution < -0.4 is 0 Å². The summed E-state index contributed by atoms with van der Waals surface area (Å²) in [4.78, 5) is 68.5. The smallest absolute Gasteiger partial charge is 0.174 e. The zero-order chi connectivity index (χ0) is 13.4. The standard InChI is InChI=1S/C12H8O6/c13-5-1-7(15)11(8(16)2-5)12-9(17)3-6(14)4-10(12)18/h1-4H2. The van der Waals surface area contributed by atoms with Gasteiger partial charge in [0.2, 0.25) is 0 Å². The Morgan fingerprint density at radius 3 is 0.889 bits per heavy atom. The largest absolute Gasteiger partial charge is 0.299 e. The van der Waals surface area contributed by atoms with Gasteiger partial charge in [-0.3, -0.25) is 28.8 Å². The van der Waals surface area contributed by atoms with Crippen molar-refractivity contribution in [1.82, 2.24) is 0 Å². The van der Waals surface area contributed by atoms with Crippen LogP contribution in [0.1, 0.15) is 25.7 Å². The number of hydrogen-bond acceptors (Lipinski definition) is 6. The zero-order valence-electron chi connectivity index (χ0n) is 9.28. The van der Waals surface area contributed by atoms with E-state index in [1.54, 1.807) is 0 Å². The van der Waals surface area contributed by atoms with E-state index in [-0.39, 0.29) is 0 Å². The first-order valence-corrected chi connectivity index (χ1v) is 5.30. The minimum Gasteiger partial charge on any atom is -0.299 e. The van der Waals surface area contributed by atoms with Crippen LogP contribution in [0.25, 0.3) is 0 Å². The van der Waals surface area contributed by atoms with Crippen molar-refractivity contribution in [2.45, 2.75) is 25.7 Å². The van der Waals surface area contributed by atoms with Crippen LogP contribution in [0.5, 0.6) is 0 Å². The Bertz CT molecular complexity index is 469. The Morgan fingerprint density at radius 1 is 0.444 bits per heavy atom. The lowest BCUT2D eigenvalue weighted by Crippen LogP contribution is -2.34. The average Bonchev–Trinajstić information content (AvgIpc) is 2.20. The second-order valence-corrected chi connectivity index (χ2v) is 4.23. The Hall–Kier alpha value is -2.24. The summed E-state index contributed by atoms with van der Waals surface area (Å²) in [6.45, 7) is 0. The molecule has 2 fully saturated rings. The molecule has 0 amide bonds. The number of hydrogen-bond donors (Lipinski definition) is 0. The van der Waals surface area contributed by atoms with Crippen LogP contribution in [-0.4, -0.2) is 34.7 Å². The third-order valence-electron chi connectivity index (χ3n) is 2.80. The van der Waals surface area contributed by atoms with Crippen molar-refractivity contribution >= 4 is 34.7 Å². The minimum atomic E-state index is -0.803. The summed E-state index contributed by atoms with van der Waals surface area (Å²) >= 11 is 0. The van der Waals surface area contributed by atoms with Gasteiger partial charge in [0.1, 0.15) is 11.6 Å². The van der Waals surface area contributed by atoms with E-state index in [2.05, 4.69) is 0 Å². The molecule has 0 aromatic carbocycles. The van der Waals surface area contributed by atoms with E-state index in [1.807, 2.05) is 0 Å². The fourth-order valence-corrected chi connectivity index (χ4v) is 2.06. The topological polar surface area (TPSA) is 102 Å². The Morgan fingerprint density at radius 2 is 0.667 bits per heavy atom. The number of allylic oxidation sites excluding steroid dienone is 2. The van der Waals surface area contributed by atoms with Crippen LogP contribution >= 0.6 is 0 Å². The van der Waals surface area contributed by atoms with Gasteiger partial charge < -0.3 is 0 Å². The molecule has 0 saturated heterocycles. The third-order valence-corrected chi connectivity index (χ3v) is 2.80. The van der Waals surface area contributed by atoms with Gasteiger partial charge in [-0.15, -0.1) is 0 Å². The van der Waals surface area contributed by atoms with Gasteiger partial charge in [0.05, 0.1) is 36.8 Å². The number of ketones is 6. The maximum atomic E-state index is 11.6. The Kier molecular flexibility index (Phi) is 2.86. The fourth-order valence-electron chi connectivity index (χ4n) is 2.06. The number of Topliss-reactive ketones (excluding diaryl/α,β-unsaturated/α-hetero) is 6. The van der Waals surface area contributed by atoms with E-state index in [1.165, 1.54) is 0 Å². The van der Waals surface area contributed by atoms with Gasteiger partial charge in [-0.05, 0) is 0 Å². The third kappa shape index (κ3) is 1.97. The Labute approximate surface area is 101 Å². The molecule has 2 rings (SSSR count). The molecule has 0 aliphatic heterocycles. The van der Waals surface area contributed by atoms with Crippen molar-refractivity contribution < 1.29 is 28.8 Å². The number of rotatable bonds is 0. The quantitative estimate of drug-likeness (QED) is 0.318. The highest BCUT2D eigenvalue weighted by atomic mass is 16.2. The Balaban J connectivity index is 2.52. The predicted molar refractivity (Wildman–Crippen MR) is 55.5 cm³/mol. The van der Waals surface area contributed by atoms with Gasteiger partial charge in [0.25, 0.3) is 0 Å². The predicted octanol–water partition coefficient (Wildman–Crippen LogP) is -0.715. The maximum absolute atomic E-state index is 11.6. The summed E-state index contributed by atoms with van der Waals surface area (Å²) in [6.07, 6.45) is -1.89. The molecule has 18 heavy (non-hydrogen) atoms.